The van der Waals surface area contributed by atoms with Crippen LogP contribution in [0.5, 0.6) is 17.4 Å². The number of aryl methyl sites for hydroxylation is 1. The third-order valence-corrected chi connectivity index (χ3v) is 14.9. The predicted octanol–water partition coefficient (Wildman–Crippen LogP) is 4.45. The van der Waals surface area contributed by atoms with Crippen LogP contribution in [0.3, 0.4) is 0 Å². The maximum atomic E-state index is 14.9. The lowest BCUT2D eigenvalue weighted by Gasteiger charge is -2.32. The van der Waals surface area contributed by atoms with Crippen LogP contribution in [-0.2, 0) is 35.6 Å². The molecular weight excluding hydrogens is 767 g/mol. The summed E-state index contributed by atoms with van der Waals surface area (Å²) >= 11 is 0. The minimum atomic E-state index is -3.90. The number of fused-ring (bicyclic) bond motifs is 4. The van der Waals surface area contributed by atoms with E-state index < -0.39 is 68.7 Å². The smallest absolute Gasteiger partial charge is 0.408 e. The van der Waals surface area contributed by atoms with Crippen molar-refractivity contribution in [2.75, 3.05) is 20.3 Å². The summed E-state index contributed by atoms with van der Waals surface area (Å²) in [5.41, 5.74) is 0.0190. The van der Waals surface area contributed by atoms with Crippen molar-refractivity contribution in [2.45, 2.75) is 132 Å². The first-order chi connectivity index (χ1) is 27.9. The number of sulfonamides is 1. The number of benzene rings is 1. The van der Waals surface area contributed by atoms with Crippen LogP contribution in [-0.4, -0.2) is 97.5 Å². The Morgan fingerprint density at radius 2 is 1.79 bits per heavy atom. The third kappa shape index (κ3) is 8.04. The first-order valence-electron chi connectivity index (χ1n) is 21.0. The minimum absolute atomic E-state index is 0.00148. The Morgan fingerprint density at radius 1 is 1.03 bits per heavy atom. The number of hydrogen-bond acceptors (Lipinski definition) is 11. The fourth-order valence-electron chi connectivity index (χ4n) is 9.71. The molecule has 4 bridgehead atoms. The van der Waals surface area contributed by atoms with Crippen molar-refractivity contribution >= 4 is 44.7 Å². The van der Waals surface area contributed by atoms with Gasteiger partial charge in [-0.25, -0.2) is 18.2 Å². The van der Waals surface area contributed by atoms with Gasteiger partial charge in [0.15, 0.2) is 0 Å². The summed E-state index contributed by atoms with van der Waals surface area (Å²) in [5.74, 6) is -0.908. The molecule has 58 heavy (non-hydrogen) atoms. The molecule has 6 aliphatic rings. The monoisotopic (exact) mass is 821 g/mol. The van der Waals surface area contributed by atoms with Crippen LogP contribution >= 0.6 is 0 Å². The number of carbonyl (C=O) groups excluding carboxylic acids is 4. The average molecular weight is 822 g/mol. The fraction of sp³-hybridized carbons (Fsp3) is 0.643. The quantitative estimate of drug-likeness (QED) is 0.287. The predicted molar refractivity (Wildman–Crippen MR) is 213 cm³/mol. The van der Waals surface area contributed by atoms with Gasteiger partial charge < -0.3 is 34.5 Å². The van der Waals surface area contributed by atoms with Gasteiger partial charge in [0, 0.05) is 29.9 Å². The number of aromatic nitrogens is 1. The van der Waals surface area contributed by atoms with E-state index in [1.165, 1.54) is 11.0 Å². The molecule has 2 aromatic rings. The molecule has 5 fully saturated rings. The molecule has 3 heterocycles. The van der Waals surface area contributed by atoms with E-state index >= 15 is 0 Å². The number of rotatable bonds is 10. The number of hydrogen-bond donors (Lipinski definition) is 3. The number of ether oxygens (including phenoxy) is 4. The van der Waals surface area contributed by atoms with Crippen LogP contribution in [0.15, 0.2) is 30.9 Å². The number of pyridine rings is 1. The van der Waals surface area contributed by atoms with Gasteiger partial charge in [-0.05, 0) is 101 Å². The normalized spacial score (nSPS) is 30.3. The van der Waals surface area contributed by atoms with Crippen LogP contribution < -0.4 is 29.6 Å². The van der Waals surface area contributed by atoms with Crippen molar-refractivity contribution in [1.82, 2.24) is 25.2 Å². The second-order valence-electron chi connectivity index (χ2n) is 16.9. The summed E-state index contributed by atoms with van der Waals surface area (Å²) in [6.45, 7) is 6.04. The number of amides is 4. The van der Waals surface area contributed by atoms with E-state index in [2.05, 4.69) is 21.9 Å². The van der Waals surface area contributed by atoms with Gasteiger partial charge >= 0.3 is 6.09 Å². The van der Waals surface area contributed by atoms with Gasteiger partial charge in [-0.1, -0.05) is 18.9 Å². The van der Waals surface area contributed by atoms with Gasteiger partial charge in [0.2, 0.25) is 27.7 Å². The van der Waals surface area contributed by atoms with E-state index in [0.717, 1.165) is 68.7 Å². The highest BCUT2D eigenvalue weighted by molar-refractivity contribution is 7.91. The largest absolute Gasteiger partial charge is 0.496 e. The van der Waals surface area contributed by atoms with Gasteiger partial charge in [-0.15, -0.1) is 6.58 Å². The Hall–Kier alpha value is -4.60. The Labute approximate surface area is 339 Å². The minimum Gasteiger partial charge on any atom is -0.496 e. The highest BCUT2D eigenvalue weighted by atomic mass is 32.2. The van der Waals surface area contributed by atoms with E-state index in [4.69, 9.17) is 23.9 Å². The van der Waals surface area contributed by atoms with Gasteiger partial charge in [-0.2, -0.15) is 0 Å². The first kappa shape index (κ1) is 40.2. The molecule has 16 heteroatoms. The number of alkyl carbamates (subject to hydrolysis) is 1. The molecule has 4 aliphatic carbocycles. The maximum absolute atomic E-state index is 14.9. The molecule has 1 aromatic heterocycles. The molecule has 3 N–H and O–H groups in total. The molecule has 1 unspecified atom stereocenters. The molecule has 1 aromatic carbocycles. The molecule has 1 saturated heterocycles. The number of nitrogens with one attached hydrogen (secondary N) is 3. The lowest BCUT2D eigenvalue weighted by Crippen LogP contribution is -2.59. The highest BCUT2D eigenvalue weighted by Crippen LogP contribution is 2.46. The fourth-order valence-corrected chi connectivity index (χ4v) is 11.1. The Bertz CT molecular complexity index is 2070. The van der Waals surface area contributed by atoms with Gasteiger partial charge in [0.05, 0.1) is 31.0 Å². The van der Waals surface area contributed by atoms with Crippen LogP contribution in [0.2, 0.25) is 0 Å². The second kappa shape index (κ2) is 16.2. The van der Waals surface area contributed by atoms with E-state index in [9.17, 15) is 27.6 Å². The van der Waals surface area contributed by atoms with Crippen molar-refractivity contribution in [1.29, 1.82) is 0 Å². The van der Waals surface area contributed by atoms with Crippen molar-refractivity contribution in [3.05, 3.63) is 36.4 Å². The number of carbonyl (C=O) groups is 4. The maximum Gasteiger partial charge on any atom is 0.408 e. The summed E-state index contributed by atoms with van der Waals surface area (Å²) in [5, 5.41) is 5.90. The Morgan fingerprint density at radius 3 is 2.50 bits per heavy atom. The van der Waals surface area contributed by atoms with E-state index in [-0.39, 0.29) is 37.3 Å². The zero-order valence-electron chi connectivity index (χ0n) is 33.3. The zero-order valence-corrected chi connectivity index (χ0v) is 34.2. The molecule has 0 radical (unpaired) electrons. The molecule has 7 atom stereocenters. The van der Waals surface area contributed by atoms with Crippen LogP contribution in [0.1, 0.15) is 96.0 Å². The lowest BCUT2D eigenvalue weighted by atomic mass is 9.95. The third-order valence-electron chi connectivity index (χ3n) is 13.1. The Balaban J connectivity index is 1.16. The molecule has 15 nitrogen and oxygen atoms in total. The summed E-state index contributed by atoms with van der Waals surface area (Å²) in [6.07, 6.45) is 9.30. The standard InChI is InChI=1S/C42H55N5O10S/c1-4-27-22-42(27,40(50)46-58(52,53)29-16-17-29)45-38(48)32-19-28-23-47(32)39(49)37(25-10-6-7-11-25)44-41(51)57-33-15-9-13-24(33)12-8-14-26-18-30-31(20-34(26)54-3)43-36(55-5-2)21-35(30)56-28/h4,18,20-21,24-25,27-29,32-33,37H,1,5-17,19,22-23H2,2-3H3,(H,44,51)(H,45,48)(H,46,50)/t24-,27?,28+,32-,33+,37-,42+/m0/s1. The molecule has 8 rings (SSSR count). The summed E-state index contributed by atoms with van der Waals surface area (Å²) in [7, 11) is -2.28. The van der Waals surface area contributed by atoms with Crippen molar-refractivity contribution in [3.8, 4) is 17.4 Å². The van der Waals surface area contributed by atoms with Crippen molar-refractivity contribution in [3.63, 3.8) is 0 Å². The highest BCUT2D eigenvalue weighted by Gasteiger charge is 2.62. The molecule has 4 amide bonds. The SMILES string of the molecule is C=CC1C[C@]1(NC(=O)[C@@H]1C[C@@H]2CN1C(=O)[C@H](C1CCCC1)NC(=O)O[C@@H]1CCC[C@@H]1CCCc1cc3c(cc(OCC)nc3cc1OC)O2)C(=O)NS(=O)(=O)C1CC1. The summed E-state index contributed by atoms with van der Waals surface area (Å²) < 4.78 is 52.4. The summed E-state index contributed by atoms with van der Waals surface area (Å²) in [6, 6.07) is 3.54. The first-order valence-corrected chi connectivity index (χ1v) is 22.6. The molecule has 0 spiro atoms. The van der Waals surface area contributed by atoms with Crippen LogP contribution in [0.25, 0.3) is 10.9 Å². The average Bonchev–Trinajstić information content (AvgIpc) is 3.99. The second-order valence-corrected chi connectivity index (χ2v) is 18.9. The molecular formula is C42H55N5O10S. The van der Waals surface area contributed by atoms with E-state index in [1.807, 2.05) is 19.1 Å². The molecule has 314 valence electrons. The van der Waals surface area contributed by atoms with E-state index in [1.54, 1.807) is 13.2 Å². The topological polar surface area (TPSA) is 192 Å². The number of methoxy groups -OCH3 is 1. The van der Waals surface area contributed by atoms with Gasteiger partial charge in [0.1, 0.15) is 41.3 Å². The van der Waals surface area contributed by atoms with E-state index in [0.29, 0.717) is 48.8 Å². The molecule has 4 saturated carbocycles. The Kier molecular flexibility index (Phi) is 11.2. The van der Waals surface area contributed by atoms with Crippen molar-refractivity contribution in [2.24, 2.45) is 17.8 Å². The van der Waals surface area contributed by atoms with Gasteiger partial charge in [0.25, 0.3) is 5.91 Å². The molecule has 2 aliphatic heterocycles. The number of nitrogens with zero attached hydrogens (tertiary/aromatic N) is 2. The lowest BCUT2D eigenvalue weighted by molar-refractivity contribution is -0.142. The zero-order chi connectivity index (χ0) is 40.8. The van der Waals surface area contributed by atoms with Crippen molar-refractivity contribution < 1.29 is 46.5 Å². The van der Waals surface area contributed by atoms with Crippen LogP contribution in [0.4, 0.5) is 4.79 Å². The van der Waals surface area contributed by atoms with Crippen LogP contribution in [0, 0.1) is 17.8 Å². The van der Waals surface area contributed by atoms with Gasteiger partial charge in [-0.3, -0.25) is 19.1 Å². The summed E-state index contributed by atoms with van der Waals surface area (Å²) in [4.78, 5) is 63.0.